The van der Waals surface area contributed by atoms with Crippen LogP contribution in [0.5, 0.6) is 5.75 Å². The molecule has 4 N–H and O–H groups in total. The van der Waals surface area contributed by atoms with Gasteiger partial charge in [-0.2, -0.15) is 0 Å². The maximum Gasteiger partial charge on any atom is 0.246 e. The van der Waals surface area contributed by atoms with Gasteiger partial charge in [-0.15, -0.1) is 0 Å². The number of nitrogens with zero attached hydrogens (tertiary/aromatic N) is 3. The molecule has 0 aromatic heterocycles. The Morgan fingerprint density at radius 2 is 1.68 bits per heavy atom. The third kappa shape index (κ3) is 5.92. The highest BCUT2D eigenvalue weighted by Gasteiger charge is 2.39. The second-order valence-electron chi connectivity index (χ2n) is 10.2. The molecule has 2 atom stereocenters. The summed E-state index contributed by atoms with van der Waals surface area (Å²) in [6.07, 6.45) is 1.41. The normalized spacial score (nSPS) is 23.2. The maximum absolute atomic E-state index is 15.1. The maximum atomic E-state index is 15.1. The molecular weight excluding hydrogens is 491 g/mol. The number of aliphatic hydroxyl groups excluding tert-OH is 2. The van der Waals surface area contributed by atoms with Gasteiger partial charge >= 0.3 is 0 Å². The SMILES string of the molecule is NC(=O)C1N=C(c2c(F)cccc2N2CCC(O)CC2)OC1c1ccc(OCCN2CCC(O)CC2)cc1. The standard InChI is InChI=1S/C28H35FN4O5/c29-22-2-1-3-23(33-14-10-20(35)11-15-33)24(22)28-31-25(27(30)36)26(38-28)18-4-6-21(7-5-18)37-17-16-32-12-8-19(34)9-13-32/h1-7,19-20,25-26,34-35H,8-17H2,(H2,30,36). The van der Waals surface area contributed by atoms with Crippen molar-refractivity contribution in [1.29, 1.82) is 0 Å². The topological polar surface area (TPSA) is 121 Å². The Balaban J connectivity index is 1.27. The lowest BCUT2D eigenvalue weighted by Crippen LogP contribution is -2.38. The number of carbonyl (C=O) groups is 1. The van der Waals surface area contributed by atoms with Crippen molar-refractivity contribution in [2.75, 3.05) is 44.2 Å². The van der Waals surface area contributed by atoms with Crippen molar-refractivity contribution in [2.45, 2.75) is 50.0 Å². The molecule has 9 nitrogen and oxygen atoms in total. The lowest BCUT2D eigenvalue weighted by molar-refractivity contribution is -0.120. The van der Waals surface area contributed by atoms with E-state index in [0.29, 0.717) is 49.5 Å². The Morgan fingerprint density at radius 3 is 2.34 bits per heavy atom. The van der Waals surface area contributed by atoms with E-state index in [9.17, 15) is 15.0 Å². The van der Waals surface area contributed by atoms with Crippen LogP contribution in [0.15, 0.2) is 47.5 Å². The van der Waals surface area contributed by atoms with Crippen LogP contribution in [0.3, 0.4) is 0 Å². The van der Waals surface area contributed by atoms with E-state index in [0.717, 1.165) is 32.5 Å². The molecule has 204 valence electrons. The molecule has 0 radical (unpaired) electrons. The first-order valence-electron chi connectivity index (χ1n) is 13.3. The largest absolute Gasteiger partial charge is 0.492 e. The quantitative estimate of drug-likeness (QED) is 0.481. The van der Waals surface area contributed by atoms with Gasteiger partial charge in [0.1, 0.15) is 18.2 Å². The van der Waals surface area contributed by atoms with Gasteiger partial charge in [0.15, 0.2) is 12.1 Å². The van der Waals surface area contributed by atoms with Gasteiger partial charge in [-0.1, -0.05) is 18.2 Å². The molecule has 2 fully saturated rings. The minimum absolute atomic E-state index is 0.0463. The van der Waals surface area contributed by atoms with Gasteiger partial charge in [-0.3, -0.25) is 9.69 Å². The number of ether oxygens (including phenoxy) is 2. The summed E-state index contributed by atoms with van der Waals surface area (Å²) in [5.41, 5.74) is 7.17. The highest BCUT2D eigenvalue weighted by molar-refractivity contribution is 6.03. The van der Waals surface area contributed by atoms with Gasteiger partial charge in [0, 0.05) is 32.7 Å². The summed E-state index contributed by atoms with van der Waals surface area (Å²) in [6, 6.07) is 11.0. The van der Waals surface area contributed by atoms with Crippen molar-refractivity contribution in [2.24, 2.45) is 10.7 Å². The second kappa shape index (κ2) is 11.7. The number of amides is 1. The van der Waals surface area contributed by atoms with Crippen LogP contribution >= 0.6 is 0 Å². The highest BCUT2D eigenvalue weighted by Crippen LogP contribution is 2.36. The number of carbonyl (C=O) groups excluding carboxylic acids is 1. The molecule has 5 rings (SSSR count). The molecule has 38 heavy (non-hydrogen) atoms. The van der Waals surface area contributed by atoms with Gasteiger partial charge in [-0.25, -0.2) is 9.38 Å². The molecule has 1 amide bonds. The molecule has 2 aromatic rings. The van der Waals surface area contributed by atoms with Crippen LogP contribution in [0.25, 0.3) is 0 Å². The summed E-state index contributed by atoms with van der Waals surface area (Å²) in [5.74, 6) is -0.423. The molecule has 0 spiro atoms. The first kappa shape index (κ1) is 26.4. The Kier molecular flexibility index (Phi) is 8.11. The average Bonchev–Trinajstić information content (AvgIpc) is 3.36. The lowest BCUT2D eigenvalue weighted by Gasteiger charge is -2.32. The Bertz CT molecular complexity index is 1140. The van der Waals surface area contributed by atoms with Crippen LogP contribution in [0.2, 0.25) is 0 Å². The number of rotatable bonds is 8. The number of primary amides is 1. The predicted molar refractivity (Wildman–Crippen MR) is 141 cm³/mol. The minimum atomic E-state index is -0.998. The van der Waals surface area contributed by atoms with Gasteiger partial charge in [0.2, 0.25) is 11.8 Å². The van der Waals surface area contributed by atoms with E-state index in [1.165, 1.54) is 6.07 Å². The van der Waals surface area contributed by atoms with Crippen molar-refractivity contribution < 1.29 is 28.9 Å². The zero-order chi connectivity index (χ0) is 26.6. The molecule has 3 heterocycles. The van der Waals surface area contributed by atoms with Crippen molar-refractivity contribution in [1.82, 2.24) is 4.90 Å². The molecule has 3 aliphatic heterocycles. The number of hydrogen-bond donors (Lipinski definition) is 3. The van der Waals surface area contributed by atoms with E-state index in [4.69, 9.17) is 15.2 Å². The van der Waals surface area contributed by atoms with E-state index >= 15 is 4.39 Å². The zero-order valence-electron chi connectivity index (χ0n) is 21.3. The van der Waals surface area contributed by atoms with Gasteiger partial charge in [-0.05, 0) is 55.5 Å². The fourth-order valence-electron chi connectivity index (χ4n) is 5.28. The smallest absolute Gasteiger partial charge is 0.246 e. The second-order valence-corrected chi connectivity index (χ2v) is 10.2. The number of nitrogens with two attached hydrogens (primary N) is 1. The summed E-state index contributed by atoms with van der Waals surface area (Å²) in [5, 5.41) is 19.5. The third-order valence-corrected chi connectivity index (χ3v) is 7.53. The van der Waals surface area contributed by atoms with Gasteiger partial charge in [0.25, 0.3) is 0 Å². The van der Waals surface area contributed by atoms with Crippen LogP contribution in [0.4, 0.5) is 10.1 Å². The molecular formula is C28H35FN4O5. The number of likely N-dealkylation sites (tertiary alicyclic amines) is 1. The van der Waals surface area contributed by atoms with E-state index in [1.807, 2.05) is 17.0 Å². The van der Waals surface area contributed by atoms with Crippen LogP contribution in [-0.4, -0.2) is 84.5 Å². The first-order valence-corrected chi connectivity index (χ1v) is 13.3. The van der Waals surface area contributed by atoms with Crippen molar-refractivity contribution in [3.63, 3.8) is 0 Å². The zero-order valence-corrected chi connectivity index (χ0v) is 21.3. The van der Waals surface area contributed by atoms with E-state index < -0.39 is 23.9 Å². The van der Waals surface area contributed by atoms with E-state index in [2.05, 4.69) is 9.89 Å². The molecule has 0 aliphatic carbocycles. The number of hydrogen-bond acceptors (Lipinski definition) is 8. The fraction of sp³-hybridized carbons (Fsp3) is 0.500. The number of benzene rings is 2. The van der Waals surface area contributed by atoms with Gasteiger partial charge in [0.05, 0.1) is 23.5 Å². The summed E-state index contributed by atoms with van der Waals surface area (Å²) in [4.78, 5) is 21.0. The summed E-state index contributed by atoms with van der Waals surface area (Å²) in [6.45, 7) is 4.19. The minimum Gasteiger partial charge on any atom is -0.492 e. The number of halogens is 1. The number of anilines is 1. The summed E-state index contributed by atoms with van der Waals surface area (Å²) >= 11 is 0. The molecule has 2 aromatic carbocycles. The van der Waals surface area contributed by atoms with E-state index in [-0.39, 0.29) is 23.7 Å². The molecule has 3 aliphatic rings. The monoisotopic (exact) mass is 526 g/mol. The lowest BCUT2D eigenvalue weighted by atomic mass is 10.0. The number of piperidine rings is 2. The summed E-state index contributed by atoms with van der Waals surface area (Å²) in [7, 11) is 0. The van der Waals surface area contributed by atoms with Crippen molar-refractivity contribution in [3.8, 4) is 5.75 Å². The highest BCUT2D eigenvalue weighted by atomic mass is 19.1. The number of aliphatic hydroxyl groups is 2. The Labute approximate surface area is 221 Å². The van der Waals surface area contributed by atoms with E-state index in [1.54, 1.807) is 24.3 Å². The Morgan fingerprint density at radius 1 is 1.03 bits per heavy atom. The van der Waals surface area contributed by atoms with Crippen LogP contribution in [0, 0.1) is 5.82 Å². The number of aliphatic imine (C=N–C) groups is 1. The summed E-state index contributed by atoms with van der Waals surface area (Å²) < 4.78 is 27.1. The van der Waals surface area contributed by atoms with Crippen LogP contribution in [-0.2, 0) is 9.53 Å². The molecule has 10 heteroatoms. The third-order valence-electron chi connectivity index (χ3n) is 7.53. The average molecular weight is 527 g/mol. The Hall–Kier alpha value is -3.21. The van der Waals surface area contributed by atoms with Crippen molar-refractivity contribution in [3.05, 3.63) is 59.4 Å². The predicted octanol–water partition coefficient (Wildman–Crippen LogP) is 1.99. The van der Waals surface area contributed by atoms with Gasteiger partial charge < -0.3 is 30.3 Å². The molecule has 0 saturated carbocycles. The fourth-order valence-corrected chi connectivity index (χ4v) is 5.28. The van der Waals surface area contributed by atoms with Crippen LogP contribution < -0.4 is 15.4 Å². The first-order chi connectivity index (χ1) is 18.4. The molecule has 0 bridgehead atoms. The molecule has 2 saturated heterocycles. The molecule has 2 unspecified atom stereocenters. The van der Waals surface area contributed by atoms with Crippen molar-refractivity contribution >= 4 is 17.5 Å². The van der Waals surface area contributed by atoms with Crippen LogP contribution in [0.1, 0.15) is 42.9 Å².